The molecule has 1 aromatic rings. The van der Waals surface area contributed by atoms with Crippen molar-refractivity contribution in [3.05, 3.63) is 40.4 Å². The molecule has 1 aliphatic heterocycles. The van der Waals surface area contributed by atoms with Crippen LogP contribution in [0.1, 0.15) is 5.56 Å². The van der Waals surface area contributed by atoms with Gasteiger partial charge in [-0.15, -0.1) is 11.6 Å². The fraction of sp³-hybridized carbons (Fsp3) is 0.0909. The van der Waals surface area contributed by atoms with Crippen LogP contribution < -0.4 is 0 Å². The first-order chi connectivity index (χ1) is 7.70. The third-order valence-electron chi connectivity index (χ3n) is 2.08. The molecule has 1 aromatic carbocycles. The lowest BCUT2D eigenvalue weighted by molar-refractivity contribution is -0.136. The molecule has 82 valence electrons. The summed E-state index contributed by atoms with van der Waals surface area (Å²) in [5.74, 6) is -0.337. The molecule has 0 aromatic heterocycles. The molecule has 16 heavy (non-hydrogen) atoms. The Morgan fingerprint density at radius 1 is 1.31 bits per heavy atom. The predicted octanol–water partition coefficient (Wildman–Crippen LogP) is 2.88. The van der Waals surface area contributed by atoms with Crippen LogP contribution in [0, 0.1) is 0 Å². The van der Waals surface area contributed by atoms with E-state index in [2.05, 4.69) is 9.99 Å². The number of alkyl halides is 1. The maximum atomic E-state index is 11.3. The van der Waals surface area contributed by atoms with Crippen LogP contribution in [0.2, 0.25) is 5.02 Å². The summed E-state index contributed by atoms with van der Waals surface area (Å²) in [7, 11) is 0. The lowest BCUT2D eigenvalue weighted by atomic mass is 10.1. The van der Waals surface area contributed by atoms with Crippen LogP contribution >= 0.6 is 23.2 Å². The van der Waals surface area contributed by atoms with E-state index in [1.54, 1.807) is 30.3 Å². The van der Waals surface area contributed by atoms with E-state index in [0.717, 1.165) is 5.56 Å². The Bertz CT molecular complexity index is 477. The van der Waals surface area contributed by atoms with Crippen LogP contribution in [0.3, 0.4) is 0 Å². The van der Waals surface area contributed by atoms with Crippen LogP contribution in [-0.4, -0.2) is 17.6 Å². The smallest absolute Gasteiger partial charge is 0.312 e. The number of hydrogen-bond donors (Lipinski definition) is 0. The van der Waals surface area contributed by atoms with Crippen molar-refractivity contribution >= 4 is 41.0 Å². The average Bonchev–Trinajstić information content (AvgIpc) is 2.63. The van der Waals surface area contributed by atoms with Crippen molar-refractivity contribution in [3.63, 3.8) is 0 Å². The molecule has 0 saturated heterocycles. The van der Waals surface area contributed by atoms with Crippen molar-refractivity contribution in [2.24, 2.45) is 5.16 Å². The Kier molecular flexibility index (Phi) is 3.27. The van der Waals surface area contributed by atoms with E-state index in [1.165, 1.54) is 0 Å². The van der Waals surface area contributed by atoms with Gasteiger partial charge in [-0.1, -0.05) is 28.9 Å². The van der Waals surface area contributed by atoms with Crippen LogP contribution in [0.25, 0.3) is 6.08 Å². The maximum Gasteiger partial charge on any atom is 0.367 e. The molecular formula is C11H7Cl2NO2. The standard InChI is InChI=1S/C11H7Cl2NO2/c12-6-10-9(11(15)16-14-10)5-7-1-3-8(13)4-2-7/h1-5H,6H2. The van der Waals surface area contributed by atoms with Crippen molar-refractivity contribution < 1.29 is 9.63 Å². The number of oxime groups is 1. The fourth-order valence-corrected chi connectivity index (χ4v) is 1.60. The summed E-state index contributed by atoms with van der Waals surface area (Å²) in [4.78, 5) is 15.9. The van der Waals surface area contributed by atoms with Gasteiger partial charge in [0.1, 0.15) is 5.71 Å². The summed E-state index contributed by atoms with van der Waals surface area (Å²) < 4.78 is 0. The van der Waals surface area contributed by atoms with Gasteiger partial charge in [-0.3, -0.25) is 0 Å². The monoisotopic (exact) mass is 255 g/mol. The highest BCUT2D eigenvalue weighted by Crippen LogP contribution is 2.18. The van der Waals surface area contributed by atoms with Gasteiger partial charge in [0.05, 0.1) is 11.5 Å². The third-order valence-corrected chi connectivity index (χ3v) is 2.58. The predicted molar refractivity (Wildman–Crippen MR) is 63.7 cm³/mol. The second-order valence-corrected chi connectivity index (χ2v) is 3.86. The molecule has 1 aliphatic rings. The van der Waals surface area contributed by atoms with Gasteiger partial charge in [0.15, 0.2) is 0 Å². The van der Waals surface area contributed by atoms with E-state index in [4.69, 9.17) is 23.2 Å². The Labute approximate surface area is 102 Å². The van der Waals surface area contributed by atoms with Crippen LogP contribution in [0.15, 0.2) is 35.0 Å². The van der Waals surface area contributed by atoms with E-state index in [1.807, 2.05) is 0 Å². The number of rotatable bonds is 2. The quantitative estimate of drug-likeness (QED) is 0.463. The molecule has 0 spiro atoms. The molecule has 3 nitrogen and oxygen atoms in total. The topological polar surface area (TPSA) is 38.7 Å². The highest BCUT2D eigenvalue weighted by atomic mass is 35.5. The van der Waals surface area contributed by atoms with E-state index < -0.39 is 5.97 Å². The first kappa shape index (κ1) is 11.2. The number of benzene rings is 1. The summed E-state index contributed by atoms with van der Waals surface area (Å²) >= 11 is 11.4. The second-order valence-electron chi connectivity index (χ2n) is 3.16. The van der Waals surface area contributed by atoms with Gasteiger partial charge in [-0.05, 0) is 23.8 Å². The molecule has 0 saturated carbocycles. The van der Waals surface area contributed by atoms with Crippen molar-refractivity contribution in [1.29, 1.82) is 0 Å². The highest BCUT2D eigenvalue weighted by Gasteiger charge is 2.24. The maximum absolute atomic E-state index is 11.3. The number of halogens is 2. The summed E-state index contributed by atoms with van der Waals surface area (Å²) in [6, 6.07) is 7.08. The van der Waals surface area contributed by atoms with Crippen LogP contribution in [0.5, 0.6) is 0 Å². The Morgan fingerprint density at radius 3 is 2.62 bits per heavy atom. The summed E-state index contributed by atoms with van der Waals surface area (Å²) in [5, 5.41) is 4.21. The van der Waals surface area contributed by atoms with Gasteiger partial charge in [-0.25, -0.2) is 4.79 Å². The minimum absolute atomic E-state index is 0.144. The molecular weight excluding hydrogens is 249 g/mol. The molecule has 2 rings (SSSR count). The minimum Gasteiger partial charge on any atom is -0.312 e. The van der Waals surface area contributed by atoms with Crippen molar-refractivity contribution in [2.45, 2.75) is 0 Å². The van der Waals surface area contributed by atoms with Gasteiger partial charge in [0.2, 0.25) is 0 Å². The van der Waals surface area contributed by atoms with E-state index in [0.29, 0.717) is 16.3 Å². The molecule has 0 unspecified atom stereocenters. The number of hydrogen-bond acceptors (Lipinski definition) is 3. The average molecular weight is 256 g/mol. The molecule has 5 heteroatoms. The summed E-state index contributed by atoms with van der Waals surface area (Å²) in [6.45, 7) is 0. The zero-order valence-corrected chi connectivity index (χ0v) is 9.63. The molecule has 1 heterocycles. The highest BCUT2D eigenvalue weighted by molar-refractivity contribution is 6.38. The normalized spacial score (nSPS) is 17.5. The second kappa shape index (κ2) is 4.68. The van der Waals surface area contributed by atoms with Gasteiger partial charge in [0, 0.05) is 5.02 Å². The zero-order valence-electron chi connectivity index (χ0n) is 8.11. The molecule has 0 N–H and O–H groups in total. The number of carbonyl (C=O) groups excluding carboxylic acids is 1. The molecule has 0 bridgehead atoms. The van der Waals surface area contributed by atoms with E-state index >= 15 is 0 Å². The minimum atomic E-state index is -0.481. The lowest BCUT2D eigenvalue weighted by Crippen LogP contribution is -2.06. The molecule has 0 amide bonds. The van der Waals surface area contributed by atoms with Gasteiger partial charge < -0.3 is 4.84 Å². The first-order valence-corrected chi connectivity index (χ1v) is 5.44. The van der Waals surface area contributed by atoms with Gasteiger partial charge in [0.25, 0.3) is 0 Å². The summed E-state index contributed by atoms with van der Waals surface area (Å²) in [6.07, 6.45) is 1.67. The number of nitrogens with zero attached hydrogens (tertiary/aromatic N) is 1. The van der Waals surface area contributed by atoms with E-state index in [9.17, 15) is 4.79 Å². The van der Waals surface area contributed by atoms with Crippen molar-refractivity contribution in [3.8, 4) is 0 Å². The summed E-state index contributed by atoms with van der Waals surface area (Å²) in [5.41, 5.74) is 1.68. The Hall–Kier alpha value is -1.32. The third kappa shape index (κ3) is 2.26. The van der Waals surface area contributed by atoms with Crippen LogP contribution in [-0.2, 0) is 9.63 Å². The van der Waals surface area contributed by atoms with Crippen LogP contribution in [0.4, 0.5) is 0 Å². The van der Waals surface area contributed by atoms with Crippen molar-refractivity contribution in [2.75, 3.05) is 5.88 Å². The van der Waals surface area contributed by atoms with Gasteiger partial charge >= 0.3 is 5.97 Å². The molecule has 0 aliphatic carbocycles. The first-order valence-electron chi connectivity index (χ1n) is 4.52. The Morgan fingerprint density at radius 2 is 2.00 bits per heavy atom. The lowest BCUT2D eigenvalue weighted by Gasteiger charge is -1.96. The van der Waals surface area contributed by atoms with E-state index in [-0.39, 0.29) is 5.88 Å². The molecule has 0 fully saturated rings. The fourth-order valence-electron chi connectivity index (χ4n) is 1.28. The largest absolute Gasteiger partial charge is 0.367 e. The van der Waals surface area contributed by atoms with Crippen molar-refractivity contribution in [1.82, 2.24) is 0 Å². The molecule has 0 radical (unpaired) electrons. The number of carbonyl (C=O) groups is 1. The zero-order chi connectivity index (χ0) is 11.5. The van der Waals surface area contributed by atoms with Gasteiger partial charge in [-0.2, -0.15) is 0 Å². The SMILES string of the molecule is O=C1ON=C(CCl)C1=Cc1ccc(Cl)cc1. The molecule has 0 atom stereocenters. The Balaban J connectivity index is 2.33.